The first kappa shape index (κ1) is 17.8. The molecule has 2 aromatic rings. The molecule has 1 aliphatic rings. The average molecular weight is 370 g/mol. The Labute approximate surface area is 145 Å². The van der Waals surface area contributed by atoms with Gasteiger partial charge in [0.1, 0.15) is 5.75 Å². The smallest absolute Gasteiger partial charge is 0.387 e. The van der Waals surface area contributed by atoms with Gasteiger partial charge in [0.25, 0.3) is 0 Å². The summed E-state index contributed by atoms with van der Waals surface area (Å²) in [5.74, 6) is 0.0353. The van der Waals surface area contributed by atoms with Gasteiger partial charge in [0.05, 0.1) is 10.3 Å². The summed E-state index contributed by atoms with van der Waals surface area (Å²) in [5, 5.41) is 3.86. The molecular weight excluding hydrogens is 350 g/mol. The fourth-order valence-electron chi connectivity index (χ4n) is 3.25. The van der Waals surface area contributed by atoms with Crippen molar-refractivity contribution in [2.24, 2.45) is 0 Å². The van der Waals surface area contributed by atoms with Crippen molar-refractivity contribution in [1.29, 1.82) is 0 Å². The van der Waals surface area contributed by atoms with Crippen LogP contribution in [0.4, 0.5) is 14.5 Å². The van der Waals surface area contributed by atoms with Crippen molar-refractivity contribution in [2.75, 3.05) is 11.6 Å². The van der Waals surface area contributed by atoms with Gasteiger partial charge >= 0.3 is 6.61 Å². The van der Waals surface area contributed by atoms with Crippen LogP contribution >= 0.6 is 0 Å². The Morgan fingerprint density at radius 1 is 1.28 bits per heavy atom. The van der Waals surface area contributed by atoms with Gasteiger partial charge in [0.15, 0.2) is 9.84 Å². The summed E-state index contributed by atoms with van der Waals surface area (Å²) in [5.41, 5.74) is 2.03. The number of sulfone groups is 1. The largest absolute Gasteiger partial charge is 0.435 e. The lowest BCUT2D eigenvalue weighted by Gasteiger charge is -2.25. The van der Waals surface area contributed by atoms with E-state index in [-0.39, 0.29) is 11.8 Å². The Bertz CT molecular complexity index is 911. The van der Waals surface area contributed by atoms with E-state index in [0.29, 0.717) is 29.4 Å². The van der Waals surface area contributed by atoms with Gasteiger partial charge in [0, 0.05) is 29.1 Å². The number of pyridine rings is 1. The summed E-state index contributed by atoms with van der Waals surface area (Å²) in [6.07, 6.45) is 2.48. The van der Waals surface area contributed by atoms with Gasteiger partial charge in [0.2, 0.25) is 0 Å². The predicted octanol–water partition coefficient (Wildman–Crippen LogP) is 3.52. The molecule has 1 heterocycles. The molecule has 0 bridgehead atoms. The number of hydrogen-bond acceptors (Lipinski definition) is 5. The van der Waals surface area contributed by atoms with Crippen LogP contribution in [0, 0.1) is 6.92 Å². The van der Waals surface area contributed by atoms with Gasteiger partial charge in [-0.05, 0) is 51.0 Å². The summed E-state index contributed by atoms with van der Waals surface area (Å²) in [7, 11) is -3.20. The van der Waals surface area contributed by atoms with Crippen LogP contribution in [0.15, 0.2) is 24.3 Å². The van der Waals surface area contributed by atoms with E-state index in [1.807, 2.05) is 13.8 Å². The second kappa shape index (κ2) is 6.09. The Kier molecular flexibility index (Phi) is 4.35. The summed E-state index contributed by atoms with van der Waals surface area (Å²) in [4.78, 5) is 4.39. The maximum Gasteiger partial charge on any atom is 0.387 e. The molecule has 1 aromatic heterocycles. The molecule has 1 aromatic carbocycles. The normalized spacial score (nSPS) is 17.5. The van der Waals surface area contributed by atoms with Crippen molar-refractivity contribution in [3.63, 3.8) is 0 Å². The molecule has 3 rings (SSSR count). The molecule has 136 valence electrons. The molecule has 8 heteroatoms. The maximum absolute atomic E-state index is 12.5. The summed E-state index contributed by atoms with van der Waals surface area (Å²) in [6, 6.07) is 6.01. The average Bonchev–Trinajstić information content (AvgIpc) is 3.28. The van der Waals surface area contributed by atoms with E-state index in [1.54, 1.807) is 12.1 Å². The third kappa shape index (κ3) is 3.40. The van der Waals surface area contributed by atoms with Crippen molar-refractivity contribution in [3.8, 4) is 5.75 Å². The van der Waals surface area contributed by atoms with Crippen molar-refractivity contribution >= 4 is 26.4 Å². The van der Waals surface area contributed by atoms with E-state index in [0.717, 1.165) is 5.69 Å². The van der Waals surface area contributed by atoms with Crippen LogP contribution in [0.1, 0.15) is 25.5 Å². The lowest BCUT2D eigenvalue weighted by atomic mass is 10.1. The number of benzene rings is 1. The maximum atomic E-state index is 12.5. The van der Waals surface area contributed by atoms with Crippen molar-refractivity contribution < 1.29 is 21.9 Å². The lowest BCUT2D eigenvalue weighted by Crippen LogP contribution is -2.39. The zero-order valence-corrected chi connectivity index (χ0v) is 15.0. The lowest BCUT2D eigenvalue weighted by molar-refractivity contribution is -0.0497. The van der Waals surface area contributed by atoms with Gasteiger partial charge in [-0.25, -0.2) is 8.42 Å². The van der Waals surface area contributed by atoms with Crippen LogP contribution in [0.2, 0.25) is 0 Å². The summed E-state index contributed by atoms with van der Waals surface area (Å²) in [6.45, 7) is 0.739. The highest BCUT2D eigenvalue weighted by Crippen LogP contribution is 2.47. The number of halogens is 2. The van der Waals surface area contributed by atoms with Crippen LogP contribution in [0.25, 0.3) is 10.9 Å². The summed E-state index contributed by atoms with van der Waals surface area (Å²) >= 11 is 0. The van der Waals surface area contributed by atoms with Gasteiger partial charge in [-0.2, -0.15) is 8.78 Å². The van der Waals surface area contributed by atoms with Crippen LogP contribution in [-0.4, -0.2) is 37.1 Å². The molecule has 1 fully saturated rings. The highest BCUT2D eigenvalue weighted by Gasteiger charge is 2.56. The molecule has 1 N–H and O–H groups in total. The number of aromatic nitrogens is 1. The van der Waals surface area contributed by atoms with E-state index in [1.165, 1.54) is 18.4 Å². The first-order chi connectivity index (χ1) is 11.6. The van der Waals surface area contributed by atoms with Gasteiger partial charge in [-0.3, -0.25) is 4.98 Å². The number of anilines is 1. The number of ether oxygens (including phenoxy) is 1. The summed E-state index contributed by atoms with van der Waals surface area (Å²) < 4.78 is 52.8. The van der Waals surface area contributed by atoms with Crippen molar-refractivity contribution in [3.05, 3.63) is 30.0 Å². The number of nitrogens with zero attached hydrogens (tertiary/aromatic N) is 1. The first-order valence-corrected chi connectivity index (χ1v) is 9.84. The highest BCUT2D eigenvalue weighted by atomic mass is 32.2. The topological polar surface area (TPSA) is 68.3 Å². The first-order valence-electron chi connectivity index (χ1n) is 7.95. The fraction of sp³-hybridized carbons (Fsp3) is 0.471. The van der Waals surface area contributed by atoms with E-state index < -0.39 is 21.2 Å². The minimum absolute atomic E-state index is 0.0353. The van der Waals surface area contributed by atoms with Crippen LogP contribution < -0.4 is 10.1 Å². The van der Waals surface area contributed by atoms with E-state index >= 15 is 0 Å². The third-order valence-corrected chi connectivity index (χ3v) is 7.01. The molecule has 0 amide bonds. The molecule has 1 atom stereocenters. The molecule has 0 aliphatic heterocycles. The monoisotopic (exact) mass is 370 g/mol. The third-order valence-electron chi connectivity index (χ3n) is 4.78. The van der Waals surface area contributed by atoms with E-state index in [2.05, 4.69) is 15.0 Å². The van der Waals surface area contributed by atoms with Crippen LogP contribution in [0.3, 0.4) is 0 Å². The molecule has 0 radical (unpaired) electrons. The van der Waals surface area contributed by atoms with E-state index in [9.17, 15) is 17.2 Å². The zero-order chi connectivity index (χ0) is 18.4. The standard InChI is InChI=1S/C17H20F2N2O3S/c1-10-8-15(21-11(2)17(6-7-17)25(3,22)23)13-9-12(24-16(18)19)4-5-14(13)20-10/h4-5,8-9,11,16H,6-7H2,1-3H3,(H,20,21). The molecule has 0 spiro atoms. The van der Waals surface area contributed by atoms with Crippen molar-refractivity contribution in [2.45, 2.75) is 44.1 Å². The number of alkyl halides is 2. The molecule has 5 nitrogen and oxygen atoms in total. The molecule has 1 unspecified atom stereocenters. The number of hydrogen-bond donors (Lipinski definition) is 1. The molecular formula is C17H20F2N2O3S. The van der Waals surface area contributed by atoms with Crippen LogP contribution in [0.5, 0.6) is 5.75 Å². The Morgan fingerprint density at radius 3 is 2.52 bits per heavy atom. The molecule has 0 saturated heterocycles. The van der Waals surface area contributed by atoms with Crippen molar-refractivity contribution in [1.82, 2.24) is 4.98 Å². The fourth-order valence-corrected chi connectivity index (χ4v) is 4.79. The SMILES string of the molecule is Cc1cc(NC(C)C2(S(C)(=O)=O)CC2)c2cc(OC(F)F)ccc2n1. The molecule has 1 saturated carbocycles. The molecule has 25 heavy (non-hydrogen) atoms. The van der Waals surface area contributed by atoms with E-state index in [4.69, 9.17) is 0 Å². The number of fused-ring (bicyclic) bond motifs is 1. The Morgan fingerprint density at radius 2 is 1.96 bits per heavy atom. The minimum atomic E-state index is -3.20. The highest BCUT2D eigenvalue weighted by molar-refractivity contribution is 7.92. The Balaban J connectivity index is 2.00. The number of aryl methyl sites for hydroxylation is 1. The minimum Gasteiger partial charge on any atom is -0.435 e. The van der Waals surface area contributed by atoms with Gasteiger partial charge < -0.3 is 10.1 Å². The number of rotatable bonds is 6. The zero-order valence-electron chi connectivity index (χ0n) is 14.2. The van der Waals surface area contributed by atoms with Gasteiger partial charge in [-0.15, -0.1) is 0 Å². The predicted molar refractivity (Wildman–Crippen MR) is 93.0 cm³/mol. The van der Waals surface area contributed by atoms with Crippen LogP contribution in [-0.2, 0) is 9.84 Å². The second-order valence-corrected chi connectivity index (χ2v) is 8.93. The molecule has 1 aliphatic carbocycles. The van der Waals surface area contributed by atoms with Gasteiger partial charge in [-0.1, -0.05) is 0 Å². The quantitative estimate of drug-likeness (QED) is 0.843. The second-order valence-electron chi connectivity index (χ2n) is 6.57. The number of nitrogens with one attached hydrogen (secondary N) is 1. The Hall–Kier alpha value is -1.96.